The molecule has 2 saturated carbocycles. The van der Waals surface area contributed by atoms with E-state index in [-0.39, 0.29) is 12.1 Å². The first kappa shape index (κ1) is 15.3. The average molecular weight is 268 g/mol. The molecule has 2 aliphatic carbocycles. The minimum atomic E-state index is -0.125. The van der Waals surface area contributed by atoms with Gasteiger partial charge in [0.2, 0.25) is 0 Å². The van der Waals surface area contributed by atoms with Crippen molar-refractivity contribution in [3.8, 4) is 0 Å². The molecule has 0 aliphatic heterocycles. The minimum Gasteiger partial charge on any atom is -0.394 e. The van der Waals surface area contributed by atoms with Gasteiger partial charge in [-0.25, -0.2) is 0 Å². The van der Waals surface area contributed by atoms with Crippen LogP contribution in [0.2, 0.25) is 0 Å². The molecule has 0 heterocycles. The standard InChI is InChI=1S/C16H32N2O/c1-4-17-16(3,12-19)9-13(2)18(10-14-5-6-14)11-15-7-8-15/h13-15,17,19H,4-12H2,1-3H3. The molecule has 112 valence electrons. The second kappa shape index (κ2) is 6.55. The van der Waals surface area contributed by atoms with Gasteiger partial charge in [0.05, 0.1) is 6.61 Å². The third-order valence-electron chi connectivity index (χ3n) is 4.70. The highest BCUT2D eigenvalue weighted by atomic mass is 16.3. The van der Waals surface area contributed by atoms with Crippen molar-refractivity contribution < 1.29 is 5.11 Å². The summed E-state index contributed by atoms with van der Waals surface area (Å²) < 4.78 is 0. The van der Waals surface area contributed by atoms with E-state index in [9.17, 15) is 5.11 Å². The molecule has 2 atom stereocenters. The predicted molar refractivity (Wildman–Crippen MR) is 80.3 cm³/mol. The summed E-state index contributed by atoms with van der Waals surface area (Å²) in [5.41, 5.74) is -0.125. The Morgan fingerprint density at radius 1 is 1.21 bits per heavy atom. The zero-order valence-electron chi connectivity index (χ0n) is 13.0. The van der Waals surface area contributed by atoms with Gasteiger partial charge in [0, 0.05) is 24.7 Å². The summed E-state index contributed by atoms with van der Waals surface area (Å²) in [4.78, 5) is 2.70. The SMILES string of the molecule is CCNC(C)(CO)CC(C)N(CC1CC1)CC1CC1. The zero-order valence-corrected chi connectivity index (χ0v) is 13.0. The van der Waals surface area contributed by atoms with Crippen LogP contribution in [-0.4, -0.2) is 47.8 Å². The van der Waals surface area contributed by atoms with E-state index < -0.39 is 0 Å². The summed E-state index contributed by atoms with van der Waals surface area (Å²) in [6.07, 6.45) is 6.75. The van der Waals surface area contributed by atoms with Crippen LogP contribution in [0.5, 0.6) is 0 Å². The van der Waals surface area contributed by atoms with E-state index in [4.69, 9.17) is 0 Å². The van der Waals surface area contributed by atoms with Gasteiger partial charge in [-0.05, 0) is 64.3 Å². The molecule has 0 aromatic carbocycles. The number of likely N-dealkylation sites (N-methyl/N-ethyl adjacent to an activating group) is 1. The number of aliphatic hydroxyl groups is 1. The van der Waals surface area contributed by atoms with Gasteiger partial charge >= 0.3 is 0 Å². The number of hydrogen-bond donors (Lipinski definition) is 2. The topological polar surface area (TPSA) is 35.5 Å². The monoisotopic (exact) mass is 268 g/mol. The van der Waals surface area contributed by atoms with Crippen molar-refractivity contribution in [2.75, 3.05) is 26.2 Å². The highest BCUT2D eigenvalue weighted by Crippen LogP contribution is 2.35. The van der Waals surface area contributed by atoms with E-state index in [2.05, 4.69) is 31.0 Å². The fourth-order valence-electron chi connectivity index (χ4n) is 3.10. The summed E-state index contributed by atoms with van der Waals surface area (Å²) in [5, 5.41) is 13.1. The van der Waals surface area contributed by atoms with Crippen molar-refractivity contribution >= 4 is 0 Å². The number of rotatable bonds is 10. The molecule has 3 heteroatoms. The van der Waals surface area contributed by atoms with Crippen LogP contribution in [-0.2, 0) is 0 Å². The smallest absolute Gasteiger partial charge is 0.0611 e. The first-order valence-corrected chi connectivity index (χ1v) is 8.16. The van der Waals surface area contributed by atoms with E-state index >= 15 is 0 Å². The van der Waals surface area contributed by atoms with Gasteiger partial charge < -0.3 is 15.3 Å². The van der Waals surface area contributed by atoms with Gasteiger partial charge in [-0.15, -0.1) is 0 Å². The number of aliphatic hydroxyl groups excluding tert-OH is 1. The largest absolute Gasteiger partial charge is 0.394 e. The number of hydrogen-bond acceptors (Lipinski definition) is 3. The summed E-state index contributed by atoms with van der Waals surface area (Å²) in [5.74, 6) is 1.92. The van der Waals surface area contributed by atoms with E-state index in [0.29, 0.717) is 6.04 Å². The van der Waals surface area contributed by atoms with Gasteiger partial charge in [0.15, 0.2) is 0 Å². The van der Waals surface area contributed by atoms with Crippen molar-refractivity contribution in [1.82, 2.24) is 10.2 Å². The molecule has 0 spiro atoms. The molecule has 0 aromatic heterocycles. The van der Waals surface area contributed by atoms with Crippen molar-refractivity contribution in [3.05, 3.63) is 0 Å². The van der Waals surface area contributed by atoms with Crippen molar-refractivity contribution in [1.29, 1.82) is 0 Å². The van der Waals surface area contributed by atoms with Gasteiger partial charge in [0.1, 0.15) is 0 Å². The fraction of sp³-hybridized carbons (Fsp3) is 1.00. The summed E-state index contributed by atoms with van der Waals surface area (Å²) in [6.45, 7) is 10.3. The minimum absolute atomic E-state index is 0.125. The van der Waals surface area contributed by atoms with Crippen molar-refractivity contribution in [2.24, 2.45) is 11.8 Å². The summed E-state index contributed by atoms with van der Waals surface area (Å²) >= 11 is 0. The molecular formula is C16H32N2O. The van der Waals surface area contributed by atoms with Crippen LogP contribution in [0.4, 0.5) is 0 Å². The van der Waals surface area contributed by atoms with E-state index in [1.807, 2.05) is 0 Å². The Hall–Kier alpha value is -0.120. The lowest BCUT2D eigenvalue weighted by Gasteiger charge is -2.37. The molecule has 2 aliphatic rings. The lowest BCUT2D eigenvalue weighted by molar-refractivity contribution is 0.110. The molecule has 2 N–H and O–H groups in total. The third kappa shape index (κ3) is 5.05. The molecule has 19 heavy (non-hydrogen) atoms. The molecule has 2 rings (SSSR count). The summed E-state index contributed by atoms with van der Waals surface area (Å²) in [7, 11) is 0. The molecule has 2 fully saturated rings. The Morgan fingerprint density at radius 3 is 2.11 bits per heavy atom. The van der Waals surface area contributed by atoms with Crippen LogP contribution < -0.4 is 5.32 Å². The maximum atomic E-state index is 9.65. The van der Waals surface area contributed by atoms with Crippen molar-refractivity contribution in [2.45, 2.75) is 64.5 Å². The third-order valence-corrected chi connectivity index (χ3v) is 4.70. The Balaban J connectivity index is 1.86. The maximum absolute atomic E-state index is 9.65. The molecule has 0 amide bonds. The highest BCUT2D eigenvalue weighted by Gasteiger charge is 2.34. The Morgan fingerprint density at radius 2 is 1.74 bits per heavy atom. The molecule has 0 bridgehead atoms. The predicted octanol–water partition coefficient (Wildman–Crippen LogP) is 2.25. The fourth-order valence-corrected chi connectivity index (χ4v) is 3.10. The van der Waals surface area contributed by atoms with E-state index in [1.54, 1.807) is 0 Å². The van der Waals surface area contributed by atoms with Crippen LogP contribution >= 0.6 is 0 Å². The van der Waals surface area contributed by atoms with Crippen LogP contribution in [0.3, 0.4) is 0 Å². The zero-order chi connectivity index (χ0) is 13.9. The lowest BCUT2D eigenvalue weighted by atomic mass is 9.93. The molecule has 0 aromatic rings. The first-order chi connectivity index (χ1) is 9.06. The second-order valence-electron chi connectivity index (χ2n) is 7.14. The molecule has 2 unspecified atom stereocenters. The molecule has 3 nitrogen and oxygen atoms in total. The van der Waals surface area contributed by atoms with Gasteiger partial charge in [-0.1, -0.05) is 6.92 Å². The number of nitrogens with one attached hydrogen (secondary N) is 1. The van der Waals surface area contributed by atoms with Crippen molar-refractivity contribution in [3.63, 3.8) is 0 Å². The van der Waals surface area contributed by atoms with Crippen LogP contribution in [0.25, 0.3) is 0 Å². The van der Waals surface area contributed by atoms with E-state index in [0.717, 1.165) is 24.8 Å². The molecule has 0 saturated heterocycles. The van der Waals surface area contributed by atoms with Crippen LogP contribution in [0, 0.1) is 11.8 Å². The van der Waals surface area contributed by atoms with Gasteiger partial charge in [-0.3, -0.25) is 0 Å². The highest BCUT2D eigenvalue weighted by molar-refractivity contribution is 4.90. The van der Waals surface area contributed by atoms with Gasteiger partial charge in [-0.2, -0.15) is 0 Å². The first-order valence-electron chi connectivity index (χ1n) is 8.16. The maximum Gasteiger partial charge on any atom is 0.0611 e. The van der Waals surface area contributed by atoms with Crippen LogP contribution in [0.1, 0.15) is 52.9 Å². The average Bonchev–Trinajstić information content (AvgIpc) is 3.23. The second-order valence-corrected chi connectivity index (χ2v) is 7.14. The normalized spacial score (nSPS) is 24.5. The lowest BCUT2D eigenvalue weighted by Crippen LogP contribution is -2.51. The van der Waals surface area contributed by atoms with E-state index in [1.165, 1.54) is 38.8 Å². The Bertz CT molecular complexity index is 262. The molecular weight excluding hydrogens is 236 g/mol. The van der Waals surface area contributed by atoms with Crippen LogP contribution in [0.15, 0.2) is 0 Å². The summed E-state index contributed by atoms with van der Waals surface area (Å²) in [6, 6.07) is 0.567. The molecule has 0 radical (unpaired) electrons. The number of nitrogens with zero attached hydrogens (tertiary/aromatic N) is 1. The van der Waals surface area contributed by atoms with Gasteiger partial charge in [0.25, 0.3) is 0 Å². The Labute approximate surface area is 118 Å². The Kier molecular flexibility index (Phi) is 5.27. The quantitative estimate of drug-likeness (QED) is 0.638.